The number of nitriles is 1. The first-order chi connectivity index (χ1) is 15.9. The summed E-state index contributed by atoms with van der Waals surface area (Å²) in [5, 5.41) is 10.5. The topological polar surface area (TPSA) is 79.6 Å². The van der Waals surface area contributed by atoms with Crippen molar-refractivity contribution in [3.63, 3.8) is 0 Å². The number of piperidine rings is 1. The number of ketones is 1. The minimum absolute atomic E-state index is 0.114. The molecule has 0 radical (unpaired) electrons. The van der Waals surface area contributed by atoms with Crippen molar-refractivity contribution in [2.45, 2.75) is 31.6 Å². The third kappa shape index (κ3) is 5.61. The van der Waals surface area contributed by atoms with Gasteiger partial charge in [0.1, 0.15) is 5.92 Å². The molecule has 2 aromatic rings. The number of Topliss-reactive ketones (excluding diaryl/α,β-unsaturated/α-hetero) is 1. The summed E-state index contributed by atoms with van der Waals surface area (Å²) >= 11 is 12.5. The fourth-order valence-electron chi connectivity index (χ4n) is 4.21. The lowest BCUT2D eigenvalue weighted by molar-refractivity contribution is -0.135. The van der Waals surface area contributed by atoms with Crippen LogP contribution in [0.3, 0.4) is 0 Å². The van der Waals surface area contributed by atoms with E-state index < -0.39 is 11.8 Å². The molecule has 0 N–H and O–H groups in total. The molecule has 1 aliphatic rings. The number of rotatable bonds is 8. The first-order valence-corrected chi connectivity index (χ1v) is 11.5. The van der Waals surface area contributed by atoms with Gasteiger partial charge in [-0.3, -0.25) is 9.59 Å². The van der Waals surface area contributed by atoms with Crippen LogP contribution in [-0.4, -0.2) is 43.9 Å². The smallest absolute Gasteiger partial charge is 0.240 e. The number of carbonyl (C=O) groups is 2. The van der Waals surface area contributed by atoms with Crippen LogP contribution in [-0.2, 0) is 4.79 Å². The van der Waals surface area contributed by atoms with Gasteiger partial charge in [-0.25, -0.2) is 0 Å². The number of carbonyl (C=O) groups excluding carboxylic acids is 2. The first kappa shape index (κ1) is 24.9. The van der Waals surface area contributed by atoms with Gasteiger partial charge in [0.2, 0.25) is 5.91 Å². The fourth-order valence-corrected chi connectivity index (χ4v) is 4.81. The minimum atomic E-state index is -1.05. The number of hydrogen-bond acceptors (Lipinski definition) is 5. The molecule has 8 heteroatoms. The summed E-state index contributed by atoms with van der Waals surface area (Å²) in [6.45, 7) is 1.22. The molecule has 0 aliphatic carbocycles. The Morgan fingerprint density at radius 1 is 1.03 bits per heavy atom. The van der Waals surface area contributed by atoms with Crippen LogP contribution in [0.15, 0.2) is 36.4 Å². The maximum absolute atomic E-state index is 13.4. The number of ether oxygens (including phenoxy) is 2. The van der Waals surface area contributed by atoms with Crippen molar-refractivity contribution >= 4 is 34.9 Å². The molecule has 0 spiro atoms. The third-order valence-electron chi connectivity index (χ3n) is 5.96. The van der Waals surface area contributed by atoms with E-state index in [9.17, 15) is 14.9 Å². The highest BCUT2D eigenvalue weighted by Gasteiger charge is 2.36. The van der Waals surface area contributed by atoms with Crippen LogP contribution in [0.25, 0.3) is 0 Å². The van der Waals surface area contributed by atoms with E-state index in [2.05, 4.69) is 6.07 Å². The maximum atomic E-state index is 13.4. The largest absolute Gasteiger partial charge is 0.493 e. The lowest BCUT2D eigenvalue weighted by atomic mass is 9.81. The van der Waals surface area contributed by atoms with Crippen LogP contribution >= 0.6 is 23.2 Å². The van der Waals surface area contributed by atoms with Crippen molar-refractivity contribution in [1.29, 1.82) is 5.26 Å². The normalized spacial score (nSPS) is 15.3. The van der Waals surface area contributed by atoms with Crippen molar-refractivity contribution in [3.05, 3.63) is 57.6 Å². The van der Waals surface area contributed by atoms with E-state index in [0.717, 1.165) is 19.3 Å². The number of nitrogens with zero attached hydrogens (tertiary/aromatic N) is 2. The number of halogens is 2. The molecule has 1 aliphatic heterocycles. The number of benzene rings is 2. The zero-order chi connectivity index (χ0) is 24.0. The van der Waals surface area contributed by atoms with Gasteiger partial charge >= 0.3 is 0 Å². The van der Waals surface area contributed by atoms with Gasteiger partial charge in [-0.2, -0.15) is 5.26 Å². The Morgan fingerprint density at radius 2 is 1.67 bits per heavy atom. The van der Waals surface area contributed by atoms with E-state index in [4.69, 9.17) is 32.7 Å². The Balaban J connectivity index is 2.03. The highest BCUT2D eigenvalue weighted by atomic mass is 35.5. The molecule has 2 aromatic carbocycles. The van der Waals surface area contributed by atoms with Crippen LogP contribution in [0.5, 0.6) is 11.5 Å². The fraction of sp³-hybridized carbons (Fsp3) is 0.400. The van der Waals surface area contributed by atoms with E-state index >= 15 is 0 Å². The van der Waals surface area contributed by atoms with Gasteiger partial charge in [0.25, 0.3) is 0 Å². The summed E-state index contributed by atoms with van der Waals surface area (Å²) in [7, 11) is 3.03. The zero-order valence-corrected chi connectivity index (χ0v) is 20.2. The van der Waals surface area contributed by atoms with E-state index in [1.54, 1.807) is 41.3 Å². The van der Waals surface area contributed by atoms with Crippen LogP contribution in [0.4, 0.5) is 0 Å². The molecule has 1 amide bonds. The quantitative estimate of drug-likeness (QED) is 0.457. The molecule has 3 rings (SSSR count). The number of likely N-dealkylation sites (tertiary alicyclic amines) is 1. The van der Waals surface area contributed by atoms with Gasteiger partial charge in [0.05, 0.1) is 35.9 Å². The standard InChI is InChI=1S/C25H26Cl2N2O4/c1-32-22-10-9-16(13-23(22)33-2)17(14-21(30)24-19(26)7-6-8-20(24)27)18(15-28)25(31)29-11-4-3-5-12-29/h6-10,13,17-18H,3-5,11-12,14H2,1-2H3/t17-,18+/m1/s1. The second kappa shape index (κ2) is 11.4. The van der Waals surface area contributed by atoms with E-state index in [-0.39, 0.29) is 33.7 Å². The predicted octanol–water partition coefficient (Wildman–Crippen LogP) is 5.52. The van der Waals surface area contributed by atoms with Crippen molar-refractivity contribution < 1.29 is 19.1 Å². The molecule has 0 bridgehead atoms. The molecule has 0 saturated carbocycles. The second-order valence-electron chi connectivity index (χ2n) is 7.94. The molecular formula is C25H26Cl2N2O4. The number of hydrogen-bond donors (Lipinski definition) is 0. The lowest BCUT2D eigenvalue weighted by Crippen LogP contribution is -2.41. The molecule has 1 fully saturated rings. The molecule has 2 atom stereocenters. The van der Waals surface area contributed by atoms with Crippen LogP contribution in [0.2, 0.25) is 10.0 Å². The Bertz CT molecular complexity index is 1040. The Morgan fingerprint density at radius 3 is 2.24 bits per heavy atom. The van der Waals surface area contributed by atoms with Gasteiger partial charge in [0, 0.05) is 25.4 Å². The molecule has 0 unspecified atom stereocenters. The van der Waals surface area contributed by atoms with E-state index in [0.29, 0.717) is 30.2 Å². The minimum Gasteiger partial charge on any atom is -0.493 e. The summed E-state index contributed by atoms with van der Waals surface area (Å²) in [5.41, 5.74) is 0.814. The summed E-state index contributed by atoms with van der Waals surface area (Å²) in [5.74, 6) is -1.41. The highest BCUT2D eigenvalue weighted by molar-refractivity contribution is 6.39. The van der Waals surface area contributed by atoms with E-state index in [1.807, 2.05) is 0 Å². The van der Waals surface area contributed by atoms with Gasteiger partial charge < -0.3 is 14.4 Å². The predicted molar refractivity (Wildman–Crippen MR) is 127 cm³/mol. The average Bonchev–Trinajstić information content (AvgIpc) is 2.83. The van der Waals surface area contributed by atoms with Gasteiger partial charge in [-0.05, 0) is 49.1 Å². The lowest BCUT2D eigenvalue weighted by Gasteiger charge is -2.31. The molecule has 1 saturated heterocycles. The van der Waals surface area contributed by atoms with Gasteiger partial charge in [-0.15, -0.1) is 0 Å². The summed E-state index contributed by atoms with van der Waals surface area (Å²) < 4.78 is 10.7. The summed E-state index contributed by atoms with van der Waals surface area (Å²) in [6.07, 6.45) is 2.75. The molecule has 0 aromatic heterocycles. The first-order valence-electron chi connectivity index (χ1n) is 10.8. The Labute approximate surface area is 204 Å². The Kier molecular flexibility index (Phi) is 8.60. The molecular weight excluding hydrogens is 463 g/mol. The molecule has 174 valence electrons. The van der Waals surface area contributed by atoms with Crippen molar-refractivity contribution in [1.82, 2.24) is 4.90 Å². The average molecular weight is 489 g/mol. The SMILES string of the molecule is COc1ccc([C@@H](CC(=O)c2c(Cl)cccc2Cl)[C@H](C#N)C(=O)N2CCCCC2)cc1OC. The zero-order valence-electron chi connectivity index (χ0n) is 18.6. The Hall–Kier alpha value is -2.75. The van der Waals surface area contributed by atoms with Crippen molar-refractivity contribution in [2.24, 2.45) is 5.92 Å². The van der Waals surface area contributed by atoms with Gasteiger partial charge in [0.15, 0.2) is 17.3 Å². The second-order valence-corrected chi connectivity index (χ2v) is 8.75. The van der Waals surface area contributed by atoms with Crippen LogP contribution in [0.1, 0.15) is 47.5 Å². The van der Waals surface area contributed by atoms with E-state index in [1.165, 1.54) is 14.2 Å². The highest BCUT2D eigenvalue weighted by Crippen LogP contribution is 2.38. The van der Waals surface area contributed by atoms with Crippen molar-refractivity contribution in [3.8, 4) is 17.6 Å². The number of methoxy groups -OCH3 is 2. The summed E-state index contributed by atoms with van der Waals surface area (Å²) in [6, 6.07) is 12.2. The van der Waals surface area contributed by atoms with Gasteiger partial charge in [-0.1, -0.05) is 35.3 Å². The monoisotopic (exact) mass is 488 g/mol. The number of amides is 1. The summed E-state index contributed by atoms with van der Waals surface area (Å²) in [4.78, 5) is 28.4. The van der Waals surface area contributed by atoms with Crippen LogP contribution in [0, 0.1) is 17.2 Å². The third-order valence-corrected chi connectivity index (χ3v) is 6.59. The molecule has 1 heterocycles. The van der Waals surface area contributed by atoms with Crippen molar-refractivity contribution in [2.75, 3.05) is 27.3 Å². The maximum Gasteiger partial charge on any atom is 0.240 e. The molecule has 6 nitrogen and oxygen atoms in total. The van der Waals surface area contributed by atoms with Crippen LogP contribution < -0.4 is 9.47 Å². The molecule has 33 heavy (non-hydrogen) atoms.